The number of halogens is 1. The first-order chi connectivity index (χ1) is 8.20. The van der Waals surface area contributed by atoms with Gasteiger partial charge < -0.3 is 4.74 Å². The van der Waals surface area contributed by atoms with Gasteiger partial charge in [0.1, 0.15) is 5.75 Å². The molecular weight excluding hydrogens is 282 g/mol. The van der Waals surface area contributed by atoms with Crippen molar-refractivity contribution in [3.63, 3.8) is 0 Å². The molecule has 0 saturated heterocycles. The quantitative estimate of drug-likeness (QED) is 0.816. The largest absolute Gasteiger partial charge is 0.495 e. The van der Waals surface area contributed by atoms with Crippen LogP contribution in [0.3, 0.4) is 0 Å². The summed E-state index contributed by atoms with van der Waals surface area (Å²) in [6.45, 7) is 0. The fourth-order valence-electron chi connectivity index (χ4n) is 1.42. The molecule has 1 aromatic heterocycles. The van der Waals surface area contributed by atoms with E-state index in [9.17, 15) is 4.79 Å². The Balaban J connectivity index is 2.33. The van der Waals surface area contributed by atoms with E-state index in [0.717, 1.165) is 4.47 Å². The molecule has 0 fully saturated rings. The number of carbonyl (C=O) groups is 1. The highest BCUT2D eigenvalue weighted by molar-refractivity contribution is 9.10. The van der Waals surface area contributed by atoms with Gasteiger partial charge in [0, 0.05) is 21.8 Å². The van der Waals surface area contributed by atoms with E-state index < -0.39 is 0 Å². The number of hydrogen-bond donors (Lipinski definition) is 0. The summed E-state index contributed by atoms with van der Waals surface area (Å²) in [5.74, 6) is 0.511. The lowest BCUT2D eigenvalue weighted by Crippen LogP contribution is -2.02. The molecule has 0 bridgehead atoms. The first-order valence-corrected chi connectivity index (χ1v) is 5.79. The fraction of sp³-hybridized carbons (Fsp3) is 0.0769. The third-order valence-electron chi connectivity index (χ3n) is 2.32. The van der Waals surface area contributed by atoms with E-state index in [2.05, 4.69) is 20.9 Å². The SMILES string of the molecule is COc1cncc(C(=O)c2ccc(Br)cc2)c1. The van der Waals surface area contributed by atoms with Crippen molar-refractivity contribution in [3.05, 3.63) is 58.3 Å². The van der Waals surface area contributed by atoms with Gasteiger partial charge in [-0.15, -0.1) is 0 Å². The Bertz CT molecular complexity index is 537. The van der Waals surface area contributed by atoms with Gasteiger partial charge >= 0.3 is 0 Å². The number of methoxy groups -OCH3 is 1. The molecule has 1 heterocycles. The van der Waals surface area contributed by atoms with Crippen LogP contribution in [-0.4, -0.2) is 17.9 Å². The molecule has 17 heavy (non-hydrogen) atoms. The summed E-state index contributed by atoms with van der Waals surface area (Å²) in [6, 6.07) is 8.89. The van der Waals surface area contributed by atoms with Gasteiger partial charge in [0.15, 0.2) is 5.78 Å². The van der Waals surface area contributed by atoms with E-state index >= 15 is 0 Å². The third kappa shape index (κ3) is 2.71. The predicted molar refractivity (Wildman–Crippen MR) is 68.4 cm³/mol. The van der Waals surface area contributed by atoms with E-state index in [0.29, 0.717) is 16.9 Å². The number of hydrogen-bond acceptors (Lipinski definition) is 3. The van der Waals surface area contributed by atoms with E-state index in [1.165, 1.54) is 6.20 Å². The van der Waals surface area contributed by atoms with Gasteiger partial charge in [0.05, 0.1) is 13.3 Å². The Labute approximate surface area is 108 Å². The van der Waals surface area contributed by atoms with Crippen molar-refractivity contribution in [2.75, 3.05) is 7.11 Å². The molecule has 0 amide bonds. The van der Waals surface area contributed by atoms with Gasteiger partial charge in [-0.3, -0.25) is 9.78 Å². The van der Waals surface area contributed by atoms with E-state index in [4.69, 9.17) is 4.74 Å². The van der Waals surface area contributed by atoms with Crippen molar-refractivity contribution in [2.45, 2.75) is 0 Å². The molecule has 0 radical (unpaired) electrons. The molecule has 0 saturated carbocycles. The Morgan fingerprint density at radius 3 is 2.53 bits per heavy atom. The van der Waals surface area contributed by atoms with Crippen molar-refractivity contribution in [1.82, 2.24) is 4.98 Å². The second-order valence-corrected chi connectivity index (χ2v) is 4.37. The van der Waals surface area contributed by atoms with Crippen LogP contribution in [0, 0.1) is 0 Å². The lowest BCUT2D eigenvalue weighted by atomic mass is 10.1. The molecule has 2 aromatic rings. The second-order valence-electron chi connectivity index (χ2n) is 3.45. The minimum atomic E-state index is -0.0658. The van der Waals surface area contributed by atoms with Gasteiger partial charge in [-0.25, -0.2) is 0 Å². The number of nitrogens with zero attached hydrogens (tertiary/aromatic N) is 1. The highest BCUT2D eigenvalue weighted by Gasteiger charge is 2.10. The molecule has 4 heteroatoms. The Kier molecular flexibility index (Phi) is 3.54. The standard InChI is InChI=1S/C13H10BrNO2/c1-17-12-6-10(7-15-8-12)13(16)9-2-4-11(14)5-3-9/h2-8H,1H3. The minimum Gasteiger partial charge on any atom is -0.495 e. The van der Waals surface area contributed by atoms with Crippen molar-refractivity contribution >= 4 is 21.7 Å². The monoisotopic (exact) mass is 291 g/mol. The number of aromatic nitrogens is 1. The highest BCUT2D eigenvalue weighted by atomic mass is 79.9. The van der Waals surface area contributed by atoms with E-state index in [1.54, 1.807) is 31.5 Å². The summed E-state index contributed by atoms with van der Waals surface area (Å²) >= 11 is 3.33. The Morgan fingerprint density at radius 2 is 1.88 bits per heavy atom. The van der Waals surface area contributed by atoms with Gasteiger partial charge in [0.25, 0.3) is 0 Å². The number of carbonyl (C=O) groups excluding carboxylic acids is 1. The highest BCUT2D eigenvalue weighted by Crippen LogP contribution is 2.16. The molecule has 3 nitrogen and oxygen atoms in total. The summed E-state index contributed by atoms with van der Waals surface area (Å²) in [5.41, 5.74) is 1.15. The van der Waals surface area contributed by atoms with Gasteiger partial charge in [-0.1, -0.05) is 15.9 Å². The van der Waals surface area contributed by atoms with Crippen LogP contribution in [0.15, 0.2) is 47.2 Å². The first-order valence-electron chi connectivity index (χ1n) is 5.00. The summed E-state index contributed by atoms with van der Waals surface area (Å²) in [5, 5.41) is 0. The Morgan fingerprint density at radius 1 is 1.18 bits per heavy atom. The van der Waals surface area contributed by atoms with Gasteiger partial charge in [-0.05, 0) is 30.3 Å². The van der Waals surface area contributed by atoms with Crippen LogP contribution in [0.1, 0.15) is 15.9 Å². The van der Waals surface area contributed by atoms with Crippen molar-refractivity contribution < 1.29 is 9.53 Å². The maximum Gasteiger partial charge on any atom is 0.194 e. The molecule has 2 rings (SSSR count). The van der Waals surface area contributed by atoms with Crippen molar-refractivity contribution in [3.8, 4) is 5.75 Å². The summed E-state index contributed by atoms with van der Waals surface area (Å²) in [7, 11) is 1.55. The maximum absolute atomic E-state index is 12.1. The Hall–Kier alpha value is -1.68. The van der Waals surface area contributed by atoms with Gasteiger partial charge in [0.2, 0.25) is 0 Å². The molecule has 0 N–H and O–H groups in total. The fourth-order valence-corrected chi connectivity index (χ4v) is 1.69. The lowest BCUT2D eigenvalue weighted by molar-refractivity contribution is 0.103. The summed E-state index contributed by atoms with van der Waals surface area (Å²) in [6.07, 6.45) is 3.10. The zero-order chi connectivity index (χ0) is 12.3. The molecular formula is C13H10BrNO2. The van der Waals surface area contributed by atoms with Crippen LogP contribution in [0.4, 0.5) is 0 Å². The molecule has 86 valence electrons. The molecule has 1 aromatic carbocycles. The maximum atomic E-state index is 12.1. The smallest absolute Gasteiger partial charge is 0.194 e. The van der Waals surface area contributed by atoms with E-state index in [-0.39, 0.29) is 5.78 Å². The van der Waals surface area contributed by atoms with Crippen LogP contribution < -0.4 is 4.74 Å². The number of pyridine rings is 1. The van der Waals surface area contributed by atoms with Crippen LogP contribution in [-0.2, 0) is 0 Å². The molecule has 0 aliphatic heterocycles. The predicted octanol–water partition coefficient (Wildman–Crippen LogP) is 3.08. The molecule has 0 spiro atoms. The third-order valence-corrected chi connectivity index (χ3v) is 2.85. The number of benzene rings is 1. The molecule has 0 unspecified atom stereocenters. The average molecular weight is 292 g/mol. The topological polar surface area (TPSA) is 39.2 Å². The van der Waals surface area contributed by atoms with E-state index in [1.807, 2.05) is 12.1 Å². The van der Waals surface area contributed by atoms with Crippen molar-refractivity contribution in [2.24, 2.45) is 0 Å². The number of ketones is 1. The normalized spacial score (nSPS) is 10.0. The van der Waals surface area contributed by atoms with Crippen molar-refractivity contribution in [1.29, 1.82) is 0 Å². The van der Waals surface area contributed by atoms with Crippen LogP contribution in [0.5, 0.6) is 5.75 Å². The summed E-state index contributed by atoms with van der Waals surface area (Å²) in [4.78, 5) is 16.1. The zero-order valence-electron chi connectivity index (χ0n) is 9.18. The molecule has 0 aliphatic carbocycles. The van der Waals surface area contributed by atoms with Gasteiger partial charge in [-0.2, -0.15) is 0 Å². The minimum absolute atomic E-state index is 0.0658. The lowest BCUT2D eigenvalue weighted by Gasteiger charge is -2.03. The number of ether oxygens (including phenoxy) is 1. The number of rotatable bonds is 3. The second kappa shape index (κ2) is 5.10. The molecule has 0 aliphatic rings. The van der Waals surface area contributed by atoms with Crippen LogP contribution in [0.2, 0.25) is 0 Å². The van der Waals surface area contributed by atoms with Crippen LogP contribution >= 0.6 is 15.9 Å². The molecule has 0 atom stereocenters. The first kappa shape index (κ1) is 11.8. The van der Waals surface area contributed by atoms with Crippen LogP contribution in [0.25, 0.3) is 0 Å². The summed E-state index contributed by atoms with van der Waals surface area (Å²) < 4.78 is 5.98. The zero-order valence-corrected chi connectivity index (χ0v) is 10.8. The average Bonchev–Trinajstić information content (AvgIpc) is 2.39.